The number of hydrogen-bond donors (Lipinski definition) is 1. The fraction of sp³-hybridized carbons (Fsp3) is 0.227. The summed E-state index contributed by atoms with van der Waals surface area (Å²) in [5, 5.41) is 4.01. The summed E-state index contributed by atoms with van der Waals surface area (Å²) in [5.41, 5.74) is 2.06. The van der Waals surface area contributed by atoms with Gasteiger partial charge < -0.3 is 14.8 Å². The summed E-state index contributed by atoms with van der Waals surface area (Å²) >= 11 is 6.23. The second kappa shape index (κ2) is 7.96. The maximum Gasteiger partial charge on any atom is 0.273 e. The van der Waals surface area contributed by atoms with Crippen LogP contribution in [0.3, 0.4) is 0 Å². The lowest BCUT2D eigenvalue weighted by Gasteiger charge is -2.19. The number of nitrogens with zero attached hydrogens (tertiary/aromatic N) is 3. The third kappa shape index (κ3) is 3.48. The Balaban J connectivity index is 1.82. The van der Waals surface area contributed by atoms with Crippen LogP contribution in [0.2, 0.25) is 5.02 Å². The zero-order valence-corrected chi connectivity index (χ0v) is 18.2. The minimum atomic E-state index is -0.643. The number of nitrogens with one attached hydrogen (secondary N) is 1. The molecule has 1 N–H and O–H groups in total. The number of anilines is 1. The molecule has 4 rings (SSSR count). The van der Waals surface area contributed by atoms with Gasteiger partial charge in [-0.3, -0.25) is 14.3 Å². The number of para-hydroxylation sites is 1. The second-order valence-electron chi connectivity index (χ2n) is 7.09. The van der Waals surface area contributed by atoms with E-state index in [0.29, 0.717) is 33.6 Å². The van der Waals surface area contributed by atoms with Gasteiger partial charge in [-0.15, -0.1) is 0 Å². The van der Waals surface area contributed by atoms with E-state index < -0.39 is 6.04 Å². The molecular weight excluding hydrogens is 420 g/mol. The highest BCUT2D eigenvalue weighted by Gasteiger charge is 2.23. The molecule has 0 fully saturated rings. The fourth-order valence-corrected chi connectivity index (χ4v) is 3.94. The van der Waals surface area contributed by atoms with Crippen molar-refractivity contribution in [2.75, 3.05) is 19.5 Å². The Kier molecular flexibility index (Phi) is 5.32. The average molecular weight is 441 g/mol. The van der Waals surface area contributed by atoms with Crippen molar-refractivity contribution in [3.8, 4) is 11.5 Å². The molecule has 2 aromatic carbocycles. The van der Waals surface area contributed by atoms with Gasteiger partial charge in [0, 0.05) is 23.2 Å². The molecule has 2 aromatic heterocycles. The number of fused-ring (bicyclic) bond motifs is 3. The minimum Gasteiger partial charge on any atom is -0.495 e. The first-order valence-corrected chi connectivity index (χ1v) is 9.95. The summed E-state index contributed by atoms with van der Waals surface area (Å²) in [6, 6.07) is 11.5. The molecule has 0 unspecified atom stereocenters. The average Bonchev–Trinajstić information content (AvgIpc) is 3.08. The fourth-order valence-electron chi connectivity index (χ4n) is 3.70. The topological polar surface area (TPSA) is 86.9 Å². The normalized spacial score (nSPS) is 12.2. The Bertz CT molecular complexity index is 1380. The third-order valence-electron chi connectivity index (χ3n) is 5.17. The maximum absolute atomic E-state index is 13.3. The molecule has 1 atom stereocenters. The Hall–Kier alpha value is -3.52. The molecule has 0 aliphatic heterocycles. The van der Waals surface area contributed by atoms with Crippen molar-refractivity contribution in [3.63, 3.8) is 0 Å². The first-order chi connectivity index (χ1) is 14.8. The lowest BCUT2D eigenvalue weighted by Crippen LogP contribution is -2.27. The summed E-state index contributed by atoms with van der Waals surface area (Å²) in [5.74, 6) is 0.573. The van der Waals surface area contributed by atoms with Gasteiger partial charge in [0.2, 0.25) is 5.91 Å². The predicted octanol–water partition coefficient (Wildman–Crippen LogP) is 3.83. The van der Waals surface area contributed by atoms with Crippen LogP contribution in [-0.4, -0.2) is 34.3 Å². The number of rotatable bonds is 5. The Morgan fingerprint density at radius 3 is 2.55 bits per heavy atom. The van der Waals surface area contributed by atoms with E-state index in [1.54, 1.807) is 23.6 Å². The van der Waals surface area contributed by atoms with Crippen LogP contribution in [0.1, 0.15) is 18.7 Å². The zero-order chi connectivity index (χ0) is 22.3. The number of methoxy groups -OCH3 is 2. The van der Waals surface area contributed by atoms with E-state index >= 15 is 0 Å². The molecule has 0 bridgehead atoms. The second-order valence-corrected chi connectivity index (χ2v) is 7.49. The summed E-state index contributed by atoms with van der Waals surface area (Å²) in [6.07, 6.45) is 0. The highest BCUT2D eigenvalue weighted by Crippen LogP contribution is 2.36. The molecule has 1 amide bonds. The quantitative estimate of drug-likeness (QED) is 0.509. The van der Waals surface area contributed by atoms with E-state index in [2.05, 4.69) is 10.3 Å². The first-order valence-electron chi connectivity index (χ1n) is 9.57. The number of halogens is 1. The van der Waals surface area contributed by atoms with Gasteiger partial charge in [0.15, 0.2) is 5.65 Å². The largest absolute Gasteiger partial charge is 0.495 e. The Morgan fingerprint density at radius 1 is 1.13 bits per heavy atom. The van der Waals surface area contributed by atoms with Crippen molar-refractivity contribution in [2.24, 2.45) is 0 Å². The van der Waals surface area contributed by atoms with E-state index in [-0.39, 0.29) is 11.5 Å². The number of aromatic nitrogens is 3. The molecular formula is C22H21ClN4O4. The number of carbonyl (C=O) groups excluding carboxylic acids is 1. The maximum atomic E-state index is 13.3. The van der Waals surface area contributed by atoms with Crippen LogP contribution in [0.4, 0.5) is 5.69 Å². The first kappa shape index (κ1) is 20.7. The molecule has 31 heavy (non-hydrogen) atoms. The molecule has 0 aliphatic rings. The molecule has 0 aliphatic carbocycles. The van der Waals surface area contributed by atoms with Crippen LogP contribution in [0.25, 0.3) is 16.6 Å². The Morgan fingerprint density at radius 2 is 1.84 bits per heavy atom. The van der Waals surface area contributed by atoms with Crippen LogP contribution in [0, 0.1) is 6.92 Å². The number of ether oxygens (including phenoxy) is 2. The van der Waals surface area contributed by atoms with Crippen molar-refractivity contribution in [1.82, 2.24) is 14.2 Å². The van der Waals surface area contributed by atoms with Gasteiger partial charge in [0.1, 0.15) is 17.5 Å². The molecule has 0 saturated carbocycles. The number of hydrogen-bond acceptors (Lipinski definition) is 5. The molecule has 2 heterocycles. The molecule has 0 radical (unpaired) electrons. The van der Waals surface area contributed by atoms with Crippen molar-refractivity contribution in [2.45, 2.75) is 19.9 Å². The number of carbonyl (C=O) groups is 1. The molecule has 8 nitrogen and oxygen atoms in total. The van der Waals surface area contributed by atoms with Gasteiger partial charge in [-0.2, -0.15) is 4.98 Å². The van der Waals surface area contributed by atoms with Gasteiger partial charge in [-0.25, -0.2) is 4.52 Å². The predicted molar refractivity (Wildman–Crippen MR) is 120 cm³/mol. The van der Waals surface area contributed by atoms with Crippen LogP contribution < -0.4 is 20.3 Å². The van der Waals surface area contributed by atoms with E-state index in [0.717, 1.165) is 10.9 Å². The van der Waals surface area contributed by atoms with E-state index in [1.807, 2.05) is 35.9 Å². The highest BCUT2D eigenvalue weighted by molar-refractivity contribution is 6.32. The van der Waals surface area contributed by atoms with Gasteiger partial charge in [0.05, 0.1) is 30.4 Å². The number of amides is 1. The van der Waals surface area contributed by atoms with Crippen molar-refractivity contribution < 1.29 is 14.3 Å². The molecule has 0 saturated heterocycles. The van der Waals surface area contributed by atoms with E-state index in [9.17, 15) is 9.59 Å². The Labute approximate surface area is 182 Å². The summed E-state index contributed by atoms with van der Waals surface area (Å²) in [7, 11) is 3.00. The lowest BCUT2D eigenvalue weighted by atomic mass is 10.2. The molecule has 0 spiro atoms. The highest BCUT2D eigenvalue weighted by atomic mass is 35.5. The minimum absolute atomic E-state index is 0.291. The number of aryl methyl sites for hydroxylation is 1. The van der Waals surface area contributed by atoms with Gasteiger partial charge in [-0.05, 0) is 32.0 Å². The van der Waals surface area contributed by atoms with Gasteiger partial charge >= 0.3 is 0 Å². The summed E-state index contributed by atoms with van der Waals surface area (Å²) < 4.78 is 14.2. The van der Waals surface area contributed by atoms with Crippen LogP contribution in [-0.2, 0) is 4.79 Å². The van der Waals surface area contributed by atoms with Crippen LogP contribution in [0.5, 0.6) is 11.5 Å². The summed E-state index contributed by atoms with van der Waals surface area (Å²) in [6.45, 7) is 3.58. The smallest absolute Gasteiger partial charge is 0.273 e. The molecule has 4 aromatic rings. The van der Waals surface area contributed by atoms with Crippen molar-refractivity contribution in [3.05, 3.63) is 63.5 Å². The van der Waals surface area contributed by atoms with E-state index in [4.69, 9.17) is 21.1 Å². The SMILES string of the molecule is COc1cc(OC)c(NC(=O)[C@@H](C)n2c3ccccc3c3nc(=O)cc(C)n32)cc1Cl. The van der Waals surface area contributed by atoms with Crippen LogP contribution >= 0.6 is 11.6 Å². The summed E-state index contributed by atoms with van der Waals surface area (Å²) in [4.78, 5) is 29.4. The standard InChI is InChI=1S/C22H21ClN4O4/c1-12-9-20(28)25-21-14-7-5-6-8-17(14)27(26(12)21)13(2)22(29)24-16-10-15(23)18(30-3)11-19(16)31-4/h5-11,13H,1-4H3,(H,24,29)/t13-/m1/s1. The van der Waals surface area contributed by atoms with Gasteiger partial charge in [0.25, 0.3) is 5.56 Å². The van der Waals surface area contributed by atoms with Gasteiger partial charge in [-0.1, -0.05) is 23.7 Å². The molecule has 160 valence electrons. The monoisotopic (exact) mass is 440 g/mol. The third-order valence-corrected chi connectivity index (χ3v) is 5.46. The zero-order valence-electron chi connectivity index (χ0n) is 17.5. The van der Waals surface area contributed by atoms with Crippen LogP contribution in [0.15, 0.2) is 47.3 Å². The molecule has 9 heteroatoms. The van der Waals surface area contributed by atoms with Crippen molar-refractivity contribution >= 4 is 39.7 Å². The van der Waals surface area contributed by atoms with Crippen molar-refractivity contribution in [1.29, 1.82) is 0 Å². The van der Waals surface area contributed by atoms with E-state index in [1.165, 1.54) is 20.3 Å². The number of benzene rings is 2. The lowest BCUT2D eigenvalue weighted by molar-refractivity contribution is -0.119.